The topological polar surface area (TPSA) is 63.2 Å². The van der Waals surface area contributed by atoms with E-state index in [4.69, 9.17) is 0 Å². The predicted molar refractivity (Wildman–Crippen MR) is 70.9 cm³/mol. The summed E-state index contributed by atoms with van der Waals surface area (Å²) < 4.78 is 3.75. The van der Waals surface area contributed by atoms with E-state index < -0.39 is 0 Å². The van der Waals surface area contributed by atoms with Crippen LogP contribution in [0, 0.1) is 5.92 Å². The summed E-state index contributed by atoms with van der Waals surface area (Å²) in [6.45, 7) is 0.741. The number of aromatic nitrogens is 2. The van der Waals surface area contributed by atoms with Crippen molar-refractivity contribution in [1.82, 2.24) is 14.5 Å². The first-order valence-corrected chi connectivity index (χ1v) is 7.72. The van der Waals surface area contributed by atoms with Crippen LogP contribution in [-0.4, -0.2) is 38.8 Å². The van der Waals surface area contributed by atoms with Crippen LogP contribution in [0.1, 0.15) is 49.0 Å². The highest BCUT2D eigenvalue weighted by molar-refractivity contribution is 7.03. The van der Waals surface area contributed by atoms with Gasteiger partial charge in [-0.1, -0.05) is 4.49 Å². The van der Waals surface area contributed by atoms with Gasteiger partial charge in [-0.3, -0.25) is 9.59 Å². The molecule has 2 aliphatic rings. The molecule has 0 bridgehead atoms. The van der Waals surface area contributed by atoms with Crippen molar-refractivity contribution >= 4 is 23.2 Å². The first-order valence-electron chi connectivity index (χ1n) is 6.88. The van der Waals surface area contributed by atoms with Crippen LogP contribution in [0.3, 0.4) is 0 Å². The minimum atomic E-state index is -0.0573. The molecular weight excluding hydrogens is 262 g/mol. The van der Waals surface area contributed by atoms with Crippen LogP contribution in [0.25, 0.3) is 0 Å². The quantitative estimate of drug-likeness (QED) is 0.829. The highest BCUT2D eigenvalue weighted by Crippen LogP contribution is 2.33. The maximum absolute atomic E-state index is 12.5. The van der Waals surface area contributed by atoms with E-state index in [2.05, 4.69) is 9.59 Å². The third-order valence-electron chi connectivity index (χ3n) is 4.21. The zero-order chi connectivity index (χ0) is 13.2. The Morgan fingerprint density at radius 3 is 2.89 bits per heavy atom. The van der Waals surface area contributed by atoms with E-state index >= 15 is 0 Å². The van der Waals surface area contributed by atoms with Gasteiger partial charge in [-0.2, -0.15) is 0 Å². The summed E-state index contributed by atoms with van der Waals surface area (Å²) >= 11 is 1.19. The van der Waals surface area contributed by atoms with Crippen LogP contribution in [-0.2, 0) is 4.79 Å². The molecule has 2 heterocycles. The summed E-state index contributed by atoms with van der Waals surface area (Å²) in [5.41, 5.74) is 0.419. The number of rotatable bonds is 2. The Morgan fingerprint density at radius 1 is 1.32 bits per heavy atom. The number of Topliss-reactive ketones (excluding diaryl/α,β-unsaturated/α-hetero) is 1. The van der Waals surface area contributed by atoms with Gasteiger partial charge in [0.15, 0.2) is 5.69 Å². The third-order valence-corrected chi connectivity index (χ3v) is 4.71. The second-order valence-corrected chi connectivity index (χ2v) is 5.93. The Balaban J connectivity index is 1.81. The van der Waals surface area contributed by atoms with Gasteiger partial charge in [-0.15, -0.1) is 5.10 Å². The average molecular weight is 279 g/mol. The second-order valence-electron chi connectivity index (χ2n) is 5.32. The molecule has 1 aliphatic carbocycles. The maximum atomic E-state index is 12.5. The van der Waals surface area contributed by atoms with Gasteiger partial charge in [0.05, 0.1) is 0 Å². The van der Waals surface area contributed by atoms with Crippen molar-refractivity contribution < 1.29 is 9.59 Å². The average Bonchev–Trinajstić information content (AvgIpc) is 3.09. The smallest absolute Gasteiger partial charge is 0.275 e. The molecule has 3 rings (SSSR count). The molecule has 2 atom stereocenters. The number of nitrogens with zero attached hydrogens (tertiary/aromatic N) is 3. The fourth-order valence-corrected chi connectivity index (χ4v) is 3.71. The molecule has 1 saturated carbocycles. The van der Waals surface area contributed by atoms with Gasteiger partial charge in [0.1, 0.15) is 5.78 Å². The minimum absolute atomic E-state index is 0.0517. The number of piperidine rings is 1. The van der Waals surface area contributed by atoms with Gasteiger partial charge in [-0.05, 0) is 43.6 Å². The van der Waals surface area contributed by atoms with Crippen LogP contribution >= 0.6 is 11.5 Å². The molecule has 2 unspecified atom stereocenters. The molecule has 5 nitrogen and oxygen atoms in total. The molecule has 1 aromatic heterocycles. The molecule has 1 saturated heterocycles. The monoisotopic (exact) mass is 279 g/mol. The molecular formula is C13H17N3O2S. The number of carbonyl (C=O) groups excluding carboxylic acids is 2. The van der Waals surface area contributed by atoms with E-state index in [9.17, 15) is 9.59 Å². The molecule has 0 N–H and O–H groups in total. The number of hydrogen-bond donors (Lipinski definition) is 0. The Morgan fingerprint density at radius 2 is 2.21 bits per heavy atom. The van der Waals surface area contributed by atoms with Crippen molar-refractivity contribution in [3.8, 4) is 0 Å². The number of hydrogen-bond acceptors (Lipinski definition) is 5. The lowest BCUT2D eigenvalue weighted by Crippen LogP contribution is -2.48. The Labute approximate surface area is 116 Å². The lowest BCUT2D eigenvalue weighted by atomic mass is 9.88. The van der Waals surface area contributed by atoms with Crippen molar-refractivity contribution in [2.45, 2.75) is 44.6 Å². The highest BCUT2D eigenvalue weighted by atomic mass is 32.1. The van der Waals surface area contributed by atoms with Gasteiger partial charge in [0.25, 0.3) is 5.91 Å². The van der Waals surface area contributed by atoms with Crippen molar-refractivity contribution in [2.75, 3.05) is 6.54 Å². The van der Waals surface area contributed by atoms with Gasteiger partial charge < -0.3 is 4.90 Å². The van der Waals surface area contributed by atoms with E-state index in [0.717, 1.165) is 38.6 Å². The van der Waals surface area contributed by atoms with Crippen LogP contribution in [0.2, 0.25) is 0 Å². The fraction of sp³-hybridized carbons (Fsp3) is 0.692. The number of likely N-dealkylation sites (tertiary alicyclic amines) is 1. The van der Waals surface area contributed by atoms with Crippen LogP contribution in [0.5, 0.6) is 0 Å². The van der Waals surface area contributed by atoms with E-state index in [1.165, 1.54) is 11.5 Å². The van der Waals surface area contributed by atoms with E-state index in [1.54, 1.807) is 5.38 Å². The second kappa shape index (κ2) is 5.36. The number of carbonyl (C=O) groups is 2. The Kier molecular flexibility index (Phi) is 3.59. The van der Waals surface area contributed by atoms with Crippen molar-refractivity contribution in [3.05, 3.63) is 11.1 Å². The standard InChI is InChI=1S/C13H17N3O2S/c17-12-6-3-4-9(12)11-5-1-2-7-16(11)13(18)10-8-19-15-14-10/h8-9,11H,1-7H2. The molecule has 1 aliphatic heterocycles. The van der Waals surface area contributed by atoms with Crippen molar-refractivity contribution in [2.24, 2.45) is 5.92 Å². The number of amides is 1. The van der Waals surface area contributed by atoms with E-state index in [-0.39, 0.29) is 17.9 Å². The Bertz CT molecular complexity index is 474. The van der Waals surface area contributed by atoms with Crippen molar-refractivity contribution in [3.63, 3.8) is 0 Å². The molecule has 0 spiro atoms. The largest absolute Gasteiger partial charge is 0.334 e. The van der Waals surface area contributed by atoms with Crippen LogP contribution in [0.4, 0.5) is 0 Å². The molecule has 1 amide bonds. The zero-order valence-electron chi connectivity index (χ0n) is 10.7. The lowest BCUT2D eigenvalue weighted by molar-refractivity contribution is -0.122. The van der Waals surface area contributed by atoms with Crippen LogP contribution < -0.4 is 0 Å². The highest BCUT2D eigenvalue weighted by Gasteiger charge is 2.39. The summed E-state index contributed by atoms with van der Waals surface area (Å²) in [5.74, 6) is 0.329. The Hall–Kier alpha value is -1.30. The van der Waals surface area contributed by atoms with Crippen LogP contribution in [0.15, 0.2) is 5.38 Å². The summed E-state index contributed by atoms with van der Waals surface area (Å²) in [7, 11) is 0. The molecule has 19 heavy (non-hydrogen) atoms. The summed E-state index contributed by atoms with van der Waals surface area (Å²) in [6.07, 6.45) is 5.65. The summed E-state index contributed by atoms with van der Waals surface area (Å²) in [5, 5.41) is 5.55. The SMILES string of the molecule is O=C1CCCC1C1CCCCN1C(=O)c1csnn1. The summed E-state index contributed by atoms with van der Waals surface area (Å²) in [4.78, 5) is 26.3. The fourth-order valence-electron chi connectivity index (χ4n) is 3.28. The van der Waals surface area contributed by atoms with Gasteiger partial charge in [0.2, 0.25) is 0 Å². The zero-order valence-corrected chi connectivity index (χ0v) is 11.6. The third kappa shape index (κ3) is 2.41. The molecule has 2 fully saturated rings. The lowest BCUT2D eigenvalue weighted by Gasteiger charge is -2.38. The molecule has 6 heteroatoms. The predicted octanol–water partition coefficient (Wildman–Crippen LogP) is 1.90. The first kappa shape index (κ1) is 12.7. The van der Waals surface area contributed by atoms with Crippen molar-refractivity contribution in [1.29, 1.82) is 0 Å². The van der Waals surface area contributed by atoms with Gasteiger partial charge in [-0.25, -0.2) is 0 Å². The van der Waals surface area contributed by atoms with Gasteiger partial charge >= 0.3 is 0 Å². The normalized spacial score (nSPS) is 27.8. The van der Waals surface area contributed by atoms with E-state index in [0.29, 0.717) is 17.9 Å². The number of ketones is 1. The van der Waals surface area contributed by atoms with E-state index in [1.807, 2.05) is 4.90 Å². The minimum Gasteiger partial charge on any atom is -0.334 e. The molecule has 102 valence electrons. The maximum Gasteiger partial charge on any atom is 0.275 e. The first-order chi connectivity index (χ1) is 9.27. The molecule has 0 aromatic carbocycles. The summed E-state index contributed by atoms with van der Waals surface area (Å²) in [6, 6.07) is 0.0814. The molecule has 1 aromatic rings. The van der Waals surface area contributed by atoms with Gasteiger partial charge in [0, 0.05) is 30.3 Å². The molecule has 0 radical (unpaired) electrons.